The topological polar surface area (TPSA) is 147 Å². The number of fused-ring (bicyclic) bond motifs is 4. The summed E-state index contributed by atoms with van der Waals surface area (Å²) in [7, 11) is 1.18. The monoisotopic (exact) mass is 751 g/mol. The zero-order chi connectivity index (χ0) is 33.9. The second-order valence-electron chi connectivity index (χ2n) is 11.1. The quantitative estimate of drug-likeness (QED) is 0.117. The third kappa shape index (κ3) is 3.83. The molecule has 4 aliphatic rings. The van der Waals surface area contributed by atoms with Crippen LogP contribution in [0.1, 0.15) is 24.3 Å². The lowest BCUT2D eigenvalue weighted by Gasteiger charge is -2.50. The van der Waals surface area contributed by atoms with Crippen LogP contribution in [-0.4, -0.2) is 56.5 Å². The zero-order valence-electron chi connectivity index (χ0n) is 22.8. The molecule has 1 saturated carbocycles. The van der Waals surface area contributed by atoms with Crippen molar-refractivity contribution in [3.8, 4) is 11.5 Å². The molecule has 6 unspecified atom stereocenters. The molecule has 2 aromatic rings. The molecular weight excluding hydrogens is 736 g/mol. The molecule has 2 saturated heterocycles. The van der Waals surface area contributed by atoms with Crippen LogP contribution < -0.4 is 15.4 Å². The van der Waals surface area contributed by atoms with Crippen LogP contribution in [0.2, 0.25) is 0 Å². The molecule has 46 heavy (non-hydrogen) atoms. The molecule has 2 aliphatic heterocycles. The third-order valence-corrected chi connectivity index (χ3v) is 10.9. The molecule has 2 aliphatic carbocycles. The van der Waals surface area contributed by atoms with Crippen molar-refractivity contribution in [3.63, 3.8) is 0 Å². The van der Waals surface area contributed by atoms with Crippen molar-refractivity contribution < 1.29 is 55.8 Å². The number of rotatable bonds is 3. The highest BCUT2D eigenvalue weighted by Crippen LogP contribution is 2.67. The number of nitrogens with two attached hydrogens (primary N) is 1. The Kier molecular flexibility index (Phi) is 7.26. The van der Waals surface area contributed by atoms with E-state index in [2.05, 4.69) is 15.9 Å². The average Bonchev–Trinajstić information content (AvgIpc) is 3.35. The number of phenols is 1. The van der Waals surface area contributed by atoms with Crippen LogP contribution in [0.5, 0.6) is 11.5 Å². The first-order chi connectivity index (χ1) is 21.4. The molecule has 6 rings (SSSR count). The maximum absolute atomic E-state index is 15.1. The van der Waals surface area contributed by atoms with E-state index >= 15 is 8.78 Å². The molecule has 6 atom stereocenters. The maximum Gasteiger partial charge on any atom is 0.328 e. The molecule has 0 bridgehead atoms. The fourth-order valence-electron chi connectivity index (χ4n) is 7.10. The molecule has 242 valence electrons. The minimum absolute atomic E-state index is 0.0517. The minimum atomic E-state index is -2.86. The number of anilines is 1. The Bertz CT molecular complexity index is 1850. The number of carbonyl (C=O) groups is 5. The van der Waals surface area contributed by atoms with Crippen LogP contribution >= 0.6 is 39.1 Å². The Hall–Kier alpha value is -3.76. The van der Waals surface area contributed by atoms with Crippen LogP contribution in [-0.2, 0) is 19.2 Å². The Morgan fingerprint density at radius 3 is 2.13 bits per heavy atom. The summed E-state index contributed by atoms with van der Waals surface area (Å²) in [6.45, 7) is 0. The molecule has 2 aromatic carbocycles. The van der Waals surface area contributed by atoms with E-state index in [4.69, 9.17) is 33.7 Å². The van der Waals surface area contributed by atoms with Crippen molar-refractivity contribution in [3.05, 3.63) is 62.9 Å². The number of primary amides is 1. The lowest BCUT2D eigenvalue weighted by molar-refractivity contribution is -0.136. The highest BCUT2D eigenvalue weighted by molar-refractivity contribution is 9.10. The van der Waals surface area contributed by atoms with Gasteiger partial charge in [-0.15, -0.1) is 23.2 Å². The molecule has 0 aromatic heterocycles. The number of benzene rings is 2. The van der Waals surface area contributed by atoms with E-state index in [0.717, 1.165) is 0 Å². The van der Waals surface area contributed by atoms with Gasteiger partial charge in [0, 0.05) is 16.0 Å². The predicted octanol–water partition coefficient (Wildman–Crippen LogP) is 4.50. The van der Waals surface area contributed by atoms with E-state index in [9.17, 15) is 42.3 Å². The predicted molar refractivity (Wildman–Crippen MR) is 150 cm³/mol. The second-order valence-corrected chi connectivity index (χ2v) is 13.2. The lowest BCUT2D eigenvalue weighted by Crippen LogP contribution is -2.60. The number of ether oxygens (including phenoxy) is 1. The van der Waals surface area contributed by atoms with Crippen molar-refractivity contribution in [2.24, 2.45) is 23.5 Å². The highest BCUT2D eigenvalue weighted by Gasteiger charge is 2.77. The number of allylic oxidation sites excluding steroid dienone is 2. The number of amides is 6. The number of methoxy groups -OCH3 is 1. The SMILES string of the molecule is COc1cc(Br)cc(C2C3=CCC4C(=O)N(C(N)=O)C(=O)C4C3CC3(Cl)C(=O)N(c4c(F)c(F)c(F)c(F)c4F)C(=O)C23Cl)c1O. The number of aromatic hydroxyl groups is 1. The van der Waals surface area contributed by atoms with Gasteiger partial charge in [0.2, 0.25) is 17.6 Å². The smallest absolute Gasteiger partial charge is 0.328 e. The highest BCUT2D eigenvalue weighted by atomic mass is 79.9. The van der Waals surface area contributed by atoms with E-state index in [1.807, 2.05) is 0 Å². The molecular formula is C28H17BrCl2F5N3O7. The minimum Gasteiger partial charge on any atom is -0.504 e. The van der Waals surface area contributed by atoms with E-state index in [-0.39, 0.29) is 37.6 Å². The Morgan fingerprint density at radius 2 is 1.57 bits per heavy atom. The zero-order valence-corrected chi connectivity index (χ0v) is 25.9. The van der Waals surface area contributed by atoms with Gasteiger partial charge in [0.05, 0.1) is 18.9 Å². The van der Waals surface area contributed by atoms with Gasteiger partial charge in [-0.05, 0) is 30.9 Å². The molecule has 3 N–H and O–H groups in total. The van der Waals surface area contributed by atoms with Crippen molar-refractivity contribution in [1.29, 1.82) is 0 Å². The fourth-order valence-corrected chi connectivity index (χ4v) is 8.48. The number of hydrogen-bond donors (Lipinski definition) is 2. The van der Waals surface area contributed by atoms with E-state index < -0.39 is 110 Å². The second kappa shape index (κ2) is 10.4. The summed E-state index contributed by atoms with van der Waals surface area (Å²) in [6, 6.07) is 1.17. The lowest BCUT2D eigenvalue weighted by atomic mass is 9.56. The molecule has 0 radical (unpaired) electrons. The summed E-state index contributed by atoms with van der Waals surface area (Å²) >= 11 is 17.2. The van der Waals surface area contributed by atoms with E-state index in [1.165, 1.54) is 25.3 Å². The number of urea groups is 1. The summed E-state index contributed by atoms with van der Waals surface area (Å²) in [5.74, 6) is -24.5. The molecule has 18 heteroatoms. The number of nitrogens with zero attached hydrogens (tertiary/aromatic N) is 2. The van der Waals surface area contributed by atoms with Crippen molar-refractivity contribution >= 4 is 74.5 Å². The van der Waals surface area contributed by atoms with Gasteiger partial charge >= 0.3 is 6.03 Å². The van der Waals surface area contributed by atoms with E-state index in [1.54, 1.807) is 0 Å². The van der Waals surface area contributed by atoms with Crippen LogP contribution in [0.15, 0.2) is 28.3 Å². The summed E-state index contributed by atoms with van der Waals surface area (Å²) in [4.78, 5) is 61.1. The molecule has 3 fully saturated rings. The number of halogens is 8. The summed E-state index contributed by atoms with van der Waals surface area (Å²) in [5, 5.41) is 11.3. The standard InChI is InChI=1S/C28H17BrCl2F5N3O7/c1-46-12-5-7(29)4-10(21(12)40)14-8-2-3-9-13(23(42)39(22(9)41)26(37)45)11(8)6-27(30)24(43)38(25(44)28(14,27)31)20-18(35)16(33)15(32)17(34)19(20)36/h2,4-5,9,11,13-14,40H,3,6H2,1H3,(H2,37,45). The number of phenolic OH excluding ortho intramolecular Hbond substituents is 1. The molecule has 0 spiro atoms. The number of alkyl halides is 2. The van der Waals surface area contributed by atoms with Gasteiger partial charge < -0.3 is 15.6 Å². The first-order valence-corrected chi connectivity index (χ1v) is 14.7. The van der Waals surface area contributed by atoms with Crippen molar-refractivity contribution in [2.45, 2.75) is 28.5 Å². The largest absolute Gasteiger partial charge is 0.504 e. The van der Waals surface area contributed by atoms with Gasteiger partial charge in [-0.1, -0.05) is 27.6 Å². The van der Waals surface area contributed by atoms with Gasteiger partial charge in [-0.25, -0.2) is 31.6 Å². The average molecular weight is 753 g/mol. The first kappa shape index (κ1) is 32.2. The maximum atomic E-state index is 15.1. The van der Waals surface area contributed by atoms with Crippen LogP contribution in [0, 0.1) is 46.8 Å². The Labute approximate surface area is 272 Å². The van der Waals surface area contributed by atoms with Gasteiger partial charge in [0.25, 0.3) is 11.8 Å². The van der Waals surface area contributed by atoms with Crippen LogP contribution in [0.4, 0.5) is 32.4 Å². The third-order valence-electron chi connectivity index (χ3n) is 9.04. The van der Waals surface area contributed by atoms with Gasteiger partial charge in [-0.3, -0.25) is 19.2 Å². The van der Waals surface area contributed by atoms with Crippen molar-refractivity contribution in [2.75, 3.05) is 12.0 Å². The molecule has 2 heterocycles. The summed E-state index contributed by atoms with van der Waals surface area (Å²) < 4.78 is 78.2. The first-order valence-electron chi connectivity index (χ1n) is 13.2. The van der Waals surface area contributed by atoms with Crippen LogP contribution in [0.25, 0.3) is 0 Å². The summed E-state index contributed by atoms with van der Waals surface area (Å²) in [6.07, 6.45) is 0.368. The van der Waals surface area contributed by atoms with Gasteiger partial charge in [0.1, 0.15) is 5.69 Å². The number of hydrogen-bond acceptors (Lipinski definition) is 7. The number of imide groups is 4. The normalized spacial score (nSPS) is 30.3. The van der Waals surface area contributed by atoms with Crippen LogP contribution in [0.3, 0.4) is 0 Å². The fraction of sp³-hybridized carbons (Fsp3) is 0.321. The van der Waals surface area contributed by atoms with Crippen molar-refractivity contribution in [1.82, 2.24) is 4.90 Å². The Morgan fingerprint density at radius 1 is 0.978 bits per heavy atom. The number of likely N-dealkylation sites (tertiary alicyclic amines) is 1. The Balaban J connectivity index is 1.65. The molecule has 10 nitrogen and oxygen atoms in total. The van der Waals surface area contributed by atoms with Gasteiger partial charge in [0.15, 0.2) is 44.5 Å². The van der Waals surface area contributed by atoms with E-state index in [0.29, 0.717) is 0 Å². The van der Waals surface area contributed by atoms with Gasteiger partial charge in [-0.2, -0.15) is 4.90 Å². The number of carbonyl (C=O) groups excluding carboxylic acids is 5. The molecule has 6 amide bonds. The summed E-state index contributed by atoms with van der Waals surface area (Å²) in [5.41, 5.74) is 3.12.